The van der Waals surface area contributed by atoms with Crippen LogP contribution in [0.2, 0.25) is 0 Å². The zero-order valence-corrected chi connectivity index (χ0v) is 19.8. The summed E-state index contributed by atoms with van der Waals surface area (Å²) in [4.78, 5) is 28.0. The normalized spacial score (nSPS) is 17.4. The number of benzene rings is 1. The Morgan fingerprint density at radius 1 is 1.21 bits per heavy atom. The third-order valence-electron chi connectivity index (χ3n) is 6.64. The van der Waals surface area contributed by atoms with Crippen LogP contribution in [0.3, 0.4) is 0 Å². The minimum atomic E-state index is -0.121. The number of halogens is 1. The molecular weight excluding hydrogens is 458 g/mol. The van der Waals surface area contributed by atoms with E-state index in [4.69, 9.17) is 14.2 Å². The van der Waals surface area contributed by atoms with Crippen molar-refractivity contribution in [2.75, 3.05) is 31.4 Å². The minimum Gasteiger partial charge on any atom is -0.491 e. The molecular formula is C24H28ClN5O4. The number of hydrogen-bond donors (Lipinski definition) is 2. The molecule has 1 amide bonds. The second kappa shape index (κ2) is 9.31. The van der Waals surface area contributed by atoms with Gasteiger partial charge in [-0.2, -0.15) is 0 Å². The molecule has 1 aromatic carbocycles. The fourth-order valence-corrected chi connectivity index (χ4v) is 4.74. The largest absolute Gasteiger partial charge is 0.491 e. The summed E-state index contributed by atoms with van der Waals surface area (Å²) in [6.07, 6.45) is 7.20. The van der Waals surface area contributed by atoms with Crippen LogP contribution in [0.25, 0.3) is 11.0 Å². The van der Waals surface area contributed by atoms with Crippen LogP contribution in [-0.2, 0) is 0 Å². The van der Waals surface area contributed by atoms with Crippen LogP contribution in [0.15, 0.2) is 24.7 Å². The molecule has 1 saturated heterocycles. The van der Waals surface area contributed by atoms with Gasteiger partial charge in [-0.1, -0.05) is 0 Å². The summed E-state index contributed by atoms with van der Waals surface area (Å²) in [5.41, 5.74) is 3.34. The molecule has 10 heteroatoms. The maximum absolute atomic E-state index is 14.3. The third kappa shape index (κ3) is 4.03. The van der Waals surface area contributed by atoms with E-state index in [0.29, 0.717) is 46.5 Å². The number of hydrogen-bond acceptors (Lipinski definition) is 7. The maximum Gasteiger partial charge on any atom is 0.262 e. The first-order chi connectivity index (χ1) is 16.2. The molecule has 2 aromatic heterocycles. The first kappa shape index (κ1) is 22.7. The summed E-state index contributed by atoms with van der Waals surface area (Å²) in [5.74, 6) is 2.32. The van der Waals surface area contributed by atoms with E-state index in [1.807, 2.05) is 24.0 Å². The Morgan fingerprint density at radius 2 is 2.03 bits per heavy atom. The third-order valence-corrected chi connectivity index (χ3v) is 6.64. The van der Waals surface area contributed by atoms with E-state index >= 15 is 0 Å². The molecule has 180 valence electrons. The topological polar surface area (TPSA) is 102 Å². The van der Waals surface area contributed by atoms with Crippen molar-refractivity contribution >= 4 is 35.0 Å². The molecule has 34 heavy (non-hydrogen) atoms. The average Bonchev–Trinajstić information content (AvgIpc) is 3.43. The predicted octanol–water partition coefficient (Wildman–Crippen LogP) is 3.60. The molecule has 2 aliphatic heterocycles. The van der Waals surface area contributed by atoms with Crippen LogP contribution >= 0.6 is 12.4 Å². The zero-order valence-electron chi connectivity index (χ0n) is 19.0. The molecule has 9 nitrogen and oxygen atoms in total. The number of fused-ring (bicyclic) bond motifs is 2. The lowest BCUT2D eigenvalue weighted by Gasteiger charge is -2.36. The molecule has 0 bridgehead atoms. The van der Waals surface area contributed by atoms with Gasteiger partial charge >= 0.3 is 0 Å². The number of aromatic nitrogens is 3. The van der Waals surface area contributed by atoms with E-state index in [9.17, 15) is 4.79 Å². The molecule has 0 spiro atoms. The number of piperidine rings is 1. The van der Waals surface area contributed by atoms with Crippen LogP contribution < -0.4 is 24.4 Å². The molecule has 3 aromatic rings. The molecule has 2 fully saturated rings. The van der Waals surface area contributed by atoms with Gasteiger partial charge in [0.25, 0.3) is 5.91 Å². The number of carbonyl (C=O) groups excluding carboxylic acids is 1. The van der Waals surface area contributed by atoms with Gasteiger partial charge in [0, 0.05) is 11.7 Å². The smallest absolute Gasteiger partial charge is 0.262 e. The fraction of sp³-hybridized carbons (Fsp3) is 0.458. The summed E-state index contributed by atoms with van der Waals surface area (Å²) in [5, 5.41) is 3.40. The van der Waals surface area contributed by atoms with Gasteiger partial charge in [-0.25, -0.2) is 9.97 Å². The standard InChI is InChI=1S/C24H27N5O4.ClH/c1-14-20(21-17(28-14)10-26-12-27-21)24(30)29(16-6-8-25-9-7-16)22-18(31-11-15-2-3-15)4-5-19-23(22)33-13-32-19;/h4-5,10,12,15-16,25,28H,2-3,6-9,11,13H2,1H3;1H. The van der Waals surface area contributed by atoms with E-state index < -0.39 is 0 Å². The Bertz CT molecular complexity index is 1210. The Kier molecular flexibility index (Phi) is 6.22. The number of ether oxygens (including phenoxy) is 3. The summed E-state index contributed by atoms with van der Waals surface area (Å²) < 4.78 is 17.8. The molecule has 4 heterocycles. The van der Waals surface area contributed by atoms with E-state index in [0.717, 1.165) is 37.1 Å². The average molecular weight is 486 g/mol. The highest BCUT2D eigenvalue weighted by atomic mass is 35.5. The van der Waals surface area contributed by atoms with Gasteiger partial charge in [-0.3, -0.25) is 9.69 Å². The quantitative estimate of drug-likeness (QED) is 0.550. The monoisotopic (exact) mass is 485 g/mol. The number of rotatable bonds is 6. The van der Waals surface area contributed by atoms with Gasteiger partial charge < -0.3 is 24.5 Å². The van der Waals surface area contributed by atoms with E-state index in [1.165, 1.54) is 19.2 Å². The predicted molar refractivity (Wildman–Crippen MR) is 129 cm³/mol. The number of nitrogens with zero attached hydrogens (tertiary/aromatic N) is 3. The van der Waals surface area contributed by atoms with Crippen molar-refractivity contribution in [2.24, 2.45) is 5.92 Å². The van der Waals surface area contributed by atoms with E-state index in [-0.39, 0.29) is 31.1 Å². The van der Waals surface area contributed by atoms with Gasteiger partial charge in [0.05, 0.1) is 23.9 Å². The number of aromatic amines is 1. The number of anilines is 1. The summed E-state index contributed by atoms with van der Waals surface area (Å²) >= 11 is 0. The first-order valence-electron chi connectivity index (χ1n) is 11.6. The summed E-state index contributed by atoms with van der Waals surface area (Å²) in [7, 11) is 0. The second-order valence-electron chi connectivity index (χ2n) is 8.97. The van der Waals surface area contributed by atoms with Crippen molar-refractivity contribution in [3.63, 3.8) is 0 Å². The number of carbonyl (C=O) groups is 1. The van der Waals surface area contributed by atoms with Gasteiger partial charge in [0.1, 0.15) is 23.3 Å². The van der Waals surface area contributed by atoms with E-state index in [2.05, 4.69) is 20.3 Å². The van der Waals surface area contributed by atoms with Crippen molar-refractivity contribution in [2.45, 2.75) is 38.6 Å². The SMILES string of the molecule is Cc1[nH]c2cncnc2c1C(=O)N(c1c(OCC2CC2)ccc2c1OCO2)C1CCNCC1.Cl. The van der Waals surface area contributed by atoms with Gasteiger partial charge in [0.15, 0.2) is 11.5 Å². The Labute approximate surface area is 203 Å². The second-order valence-corrected chi connectivity index (χ2v) is 8.97. The molecule has 1 saturated carbocycles. The van der Waals surface area contributed by atoms with Gasteiger partial charge in [0.2, 0.25) is 6.79 Å². The maximum atomic E-state index is 14.3. The lowest BCUT2D eigenvalue weighted by molar-refractivity contribution is 0.0969. The highest BCUT2D eigenvalue weighted by Gasteiger charge is 2.37. The first-order valence-corrected chi connectivity index (χ1v) is 11.6. The number of nitrogens with one attached hydrogen (secondary N) is 2. The molecule has 1 aliphatic carbocycles. The van der Waals surface area contributed by atoms with Crippen molar-refractivity contribution in [1.29, 1.82) is 0 Å². The molecule has 0 atom stereocenters. The summed E-state index contributed by atoms with van der Waals surface area (Å²) in [6.45, 7) is 4.35. The number of amides is 1. The highest BCUT2D eigenvalue weighted by Crippen LogP contribution is 2.49. The van der Waals surface area contributed by atoms with Gasteiger partial charge in [-0.05, 0) is 63.7 Å². The lowest BCUT2D eigenvalue weighted by Crippen LogP contribution is -2.47. The van der Waals surface area contributed by atoms with Crippen LogP contribution in [0.5, 0.6) is 17.2 Å². The van der Waals surface area contributed by atoms with Crippen LogP contribution in [0, 0.1) is 12.8 Å². The minimum absolute atomic E-state index is 0. The zero-order chi connectivity index (χ0) is 22.4. The lowest BCUT2D eigenvalue weighted by atomic mass is 10.0. The Hall–Kier alpha value is -3.04. The van der Waals surface area contributed by atoms with Crippen molar-refractivity contribution in [1.82, 2.24) is 20.3 Å². The van der Waals surface area contributed by atoms with Crippen molar-refractivity contribution in [3.8, 4) is 17.2 Å². The summed E-state index contributed by atoms with van der Waals surface area (Å²) in [6, 6.07) is 3.75. The fourth-order valence-electron chi connectivity index (χ4n) is 4.74. The molecule has 2 N–H and O–H groups in total. The van der Waals surface area contributed by atoms with Crippen molar-refractivity contribution < 1.29 is 19.0 Å². The van der Waals surface area contributed by atoms with Crippen LogP contribution in [0.4, 0.5) is 5.69 Å². The highest BCUT2D eigenvalue weighted by molar-refractivity contribution is 6.15. The number of aryl methyl sites for hydroxylation is 1. The molecule has 6 rings (SSSR count). The molecule has 3 aliphatic rings. The number of H-pyrrole nitrogens is 1. The molecule has 0 radical (unpaired) electrons. The van der Waals surface area contributed by atoms with E-state index in [1.54, 1.807) is 6.20 Å². The van der Waals surface area contributed by atoms with Crippen molar-refractivity contribution in [3.05, 3.63) is 35.9 Å². The van der Waals surface area contributed by atoms with Crippen LogP contribution in [0.1, 0.15) is 41.7 Å². The van der Waals surface area contributed by atoms with Crippen LogP contribution in [-0.4, -0.2) is 53.4 Å². The Morgan fingerprint density at radius 3 is 2.82 bits per heavy atom. The van der Waals surface area contributed by atoms with Gasteiger partial charge in [-0.15, -0.1) is 12.4 Å². The Balaban J connectivity index is 0.00000241. The molecule has 0 unspecified atom stereocenters.